The third kappa shape index (κ3) is 3.32. The fourth-order valence-corrected chi connectivity index (χ4v) is 2.69. The molecular formula is C15H22N2O2. The fraction of sp³-hybridized carbons (Fsp3) is 0.600. The third-order valence-corrected chi connectivity index (χ3v) is 3.75. The standard InChI is InChI=1S/C15H22N2O2/c1-2-7-17(8-3-1)9-6-16-13-4-5-14-15(12-13)19-11-10-18-14/h4-5,12,16H,1-3,6-11H2. The van der Waals surface area contributed by atoms with Crippen molar-refractivity contribution in [2.45, 2.75) is 19.3 Å². The van der Waals surface area contributed by atoms with Crippen molar-refractivity contribution in [2.24, 2.45) is 0 Å². The predicted molar refractivity (Wildman–Crippen MR) is 76.2 cm³/mol. The molecule has 0 saturated carbocycles. The highest BCUT2D eigenvalue weighted by molar-refractivity contribution is 5.55. The van der Waals surface area contributed by atoms with Gasteiger partial charge in [0.2, 0.25) is 0 Å². The number of piperidine rings is 1. The van der Waals surface area contributed by atoms with Crippen LogP contribution in [0.15, 0.2) is 18.2 Å². The van der Waals surface area contributed by atoms with Gasteiger partial charge in [-0.25, -0.2) is 0 Å². The van der Waals surface area contributed by atoms with Gasteiger partial charge in [0.1, 0.15) is 13.2 Å². The Morgan fingerprint density at radius 3 is 2.63 bits per heavy atom. The van der Waals surface area contributed by atoms with E-state index in [0.29, 0.717) is 13.2 Å². The molecule has 1 aromatic rings. The molecule has 0 aliphatic carbocycles. The third-order valence-electron chi connectivity index (χ3n) is 3.75. The SMILES string of the molecule is c1cc2c(cc1NCCN1CCCCC1)OCCO2. The molecule has 2 heterocycles. The highest BCUT2D eigenvalue weighted by atomic mass is 16.6. The minimum Gasteiger partial charge on any atom is -0.486 e. The number of anilines is 1. The summed E-state index contributed by atoms with van der Waals surface area (Å²) in [5.74, 6) is 1.71. The van der Waals surface area contributed by atoms with Gasteiger partial charge in [-0.05, 0) is 38.1 Å². The maximum Gasteiger partial charge on any atom is 0.163 e. The van der Waals surface area contributed by atoms with Gasteiger partial charge in [0.25, 0.3) is 0 Å². The summed E-state index contributed by atoms with van der Waals surface area (Å²) in [6.07, 6.45) is 4.10. The molecule has 0 spiro atoms. The monoisotopic (exact) mass is 262 g/mol. The van der Waals surface area contributed by atoms with Crippen LogP contribution >= 0.6 is 0 Å². The minimum atomic E-state index is 0.643. The van der Waals surface area contributed by atoms with Gasteiger partial charge in [-0.2, -0.15) is 0 Å². The number of ether oxygens (including phenoxy) is 2. The summed E-state index contributed by atoms with van der Waals surface area (Å²) in [5.41, 5.74) is 1.11. The molecule has 0 radical (unpaired) electrons. The van der Waals surface area contributed by atoms with E-state index in [1.165, 1.54) is 32.4 Å². The fourth-order valence-electron chi connectivity index (χ4n) is 2.69. The number of nitrogens with one attached hydrogen (secondary N) is 1. The molecule has 1 fully saturated rings. The van der Waals surface area contributed by atoms with Crippen LogP contribution in [0.3, 0.4) is 0 Å². The zero-order valence-corrected chi connectivity index (χ0v) is 11.4. The summed E-state index contributed by atoms with van der Waals surface area (Å²) in [6.45, 7) is 5.90. The molecule has 0 unspecified atom stereocenters. The van der Waals surface area contributed by atoms with Gasteiger partial charge in [0.15, 0.2) is 11.5 Å². The van der Waals surface area contributed by atoms with E-state index in [0.717, 1.165) is 30.3 Å². The Labute approximate surface area is 114 Å². The van der Waals surface area contributed by atoms with Gasteiger partial charge < -0.3 is 19.7 Å². The zero-order valence-electron chi connectivity index (χ0n) is 11.4. The second-order valence-corrected chi connectivity index (χ2v) is 5.19. The molecule has 1 aromatic carbocycles. The van der Waals surface area contributed by atoms with Crippen molar-refractivity contribution in [3.05, 3.63) is 18.2 Å². The van der Waals surface area contributed by atoms with Crippen molar-refractivity contribution < 1.29 is 9.47 Å². The van der Waals surface area contributed by atoms with E-state index in [1.54, 1.807) is 0 Å². The number of hydrogen-bond donors (Lipinski definition) is 1. The van der Waals surface area contributed by atoms with Crippen LogP contribution in [-0.2, 0) is 0 Å². The number of likely N-dealkylation sites (tertiary alicyclic amines) is 1. The van der Waals surface area contributed by atoms with Crippen LogP contribution in [0.4, 0.5) is 5.69 Å². The van der Waals surface area contributed by atoms with Crippen LogP contribution in [0, 0.1) is 0 Å². The highest BCUT2D eigenvalue weighted by Gasteiger charge is 2.12. The molecule has 0 bridgehead atoms. The Hall–Kier alpha value is -1.42. The summed E-state index contributed by atoms with van der Waals surface area (Å²) < 4.78 is 11.1. The highest BCUT2D eigenvalue weighted by Crippen LogP contribution is 2.32. The molecule has 2 aliphatic rings. The van der Waals surface area contributed by atoms with Gasteiger partial charge in [-0.3, -0.25) is 0 Å². The maximum atomic E-state index is 5.58. The van der Waals surface area contributed by atoms with Crippen molar-refractivity contribution in [1.29, 1.82) is 0 Å². The minimum absolute atomic E-state index is 0.643. The van der Waals surface area contributed by atoms with Gasteiger partial charge in [0, 0.05) is 24.8 Å². The molecule has 1 N–H and O–H groups in total. The lowest BCUT2D eigenvalue weighted by molar-refractivity contribution is 0.171. The number of benzene rings is 1. The van der Waals surface area contributed by atoms with Crippen LogP contribution in [0.5, 0.6) is 11.5 Å². The van der Waals surface area contributed by atoms with Crippen molar-refractivity contribution >= 4 is 5.69 Å². The van der Waals surface area contributed by atoms with Gasteiger partial charge in [0.05, 0.1) is 0 Å². The summed E-state index contributed by atoms with van der Waals surface area (Å²) >= 11 is 0. The first-order valence-corrected chi connectivity index (χ1v) is 7.28. The van der Waals surface area contributed by atoms with E-state index in [-0.39, 0.29) is 0 Å². The van der Waals surface area contributed by atoms with Crippen molar-refractivity contribution in [3.8, 4) is 11.5 Å². The van der Waals surface area contributed by atoms with Gasteiger partial charge >= 0.3 is 0 Å². The first-order valence-electron chi connectivity index (χ1n) is 7.28. The van der Waals surface area contributed by atoms with E-state index >= 15 is 0 Å². The largest absolute Gasteiger partial charge is 0.486 e. The van der Waals surface area contributed by atoms with E-state index < -0.39 is 0 Å². The Morgan fingerprint density at radius 2 is 1.79 bits per heavy atom. The van der Waals surface area contributed by atoms with E-state index in [9.17, 15) is 0 Å². The molecule has 4 nitrogen and oxygen atoms in total. The zero-order chi connectivity index (χ0) is 12.9. The Bertz CT molecular complexity index is 417. The number of nitrogens with zero attached hydrogens (tertiary/aromatic N) is 1. The molecule has 3 rings (SSSR count). The smallest absolute Gasteiger partial charge is 0.163 e. The van der Waals surface area contributed by atoms with Crippen molar-refractivity contribution in [3.63, 3.8) is 0 Å². The normalized spacial score (nSPS) is 19.2. The van der Waals surface area contributed by atoms with Gasteiger partial charge in [-0.15, -0.1) is 0 Å². The van der Waals surface area contributed by atoms with Crippen LogP contribution in [0.1, 0.15) is 19.3 Å². The summed E-state index contributed by atoms with van der Waals surface area (Å²) in [5, 5.41) is 3.46. The molecule has 19 heavy (non-hydrogen) atoms. The first-order chi connectivity index (χ1) is 9.42. The summed E-state index contributed by atoms with van der Waals surface area (Å²) in [7, 11) is 0. The van der Waals surface area contributed by atoms with Crippen LogP contribution < -0.4 is 14.8 Å². The molecular weight excluding hydrogens is 240 g/mol. The van der Waals surface area contributed by atoms with Gasteiger partial charge in [-0.1, -0.05) is 6.42 Å². The molecule has 0 aromatic heterocycles. The van der Waals surface area contributed by atoms with Crippen molar-refractivity contribution in [2.75, 3.05) is 44.7 Å². The first kappa shape index (κ1) is 12.6. The van der Waals surface area contributed by atoms with Crippen LogP contribution in [0.25, 0.3) is 0 Å². The topological polar surface area (TPSA) is 33.7 Å². The maximum absolute atomic E-state index is 5.58. The Balaban J connectivity index is 1.49. The number of hydrogen-bond acceptors (Lipinski definition) is 4. The second-order valence-electron chi connectivity index (χ2n) is 5.19. The van der Waals surface area contributed by atoms with Crippen molar-refractivity contribution in [1.82, 2.24) is 4.90 Å². The number of rotatable bonds is 4. The quantitative estimate of drug-likeness (QED) is 0.903. The van der Waals surface area contributed by atoms with E-state index in [2.05, 4.69) is 16.3 Å². The molecule has 0 amide bonds. The average molecular weight is 262 g/mol. The molecule has 1 saturated heterocycles. The lowest BCUT2D eigenvalue weighted by Crippen LogP contribution is -2.33. The number of fused-ring (bicyclic) bond motifs is 1. The second kappa shape index (κ2) is 6.15. The van der Waals surface area contributed by atoms with Crippen LogP contribution in [0.2, 0.25) is 0 Å². The summed E-state index contributed by atoms with van der Waals surface area (Å²) in [6, 6.07) is 6.08. The van der Waals surface area contributed by atoms with E-state index in [4.69, 9.17) is 9.47 Å². The Kier molecular flexibility index (Phi) is 4.08. The molecule has 0 atom stereocenters. The predicted octanol–water partition coefficient (Wildman–Crippen LogP) is 2.36. The lowest BCUT2D eigenvalue weighted by atomic mass is 10.1. The molecule has 4 heteroatoms. The molecule has 2 aliphatic heterocycles. The van der Waals surface area contributed by atoms with Crippen LogP contribution in [-0.4, -0.2) is 44.3 Å². The lowest BCUT2D eigenvalue weighted by Gasteiger charge is -2.26. The Morgan fingerprint density at radius 1 is 1.00 bits per heavy atom. The van der Waals surface area contributed by atoms with E-state index in [1.807, 2.05) is 12.1 Å². The molecule has 104 valence electrons. The summed E-state index contributed by atoms with van der Waals surface area (Å²) in [4.78, 5) is 2.54. The average Bonchev–Trinajstić information content (AvgIpc) is 2.48.